The number of benzene rings is 1. The largest absolute Gasteiger partial charge is 0.480 e. The van der Waals surface area contributed by atoms with Crippen LogP contribution in [0.4, 0.5) is 0 Å². The molecule has 1 aliphatic heterocycles. The van der Waals surface area contributed by atoms with E-state index in [9.17, 15) is 4.79 Å². The first kappa shape index (κ1) is 14.2. The molecular formula is C15H20ClNO2. The molecule has 0 aromatic heterocycles. The topological polar surface area (TPSA) is 38.3 Å². The molecule has 0 saturated carbocycles. The minimum atomic E-state index is -0.361. The molecule has 1 aliphatic rings. The molecule has 3 nitrogen and oxygen atoms in total. The standard InChI is InChI=1S/C15H20ClNO2/c16-9-5-1-2-6-10-17-15(18)14-11-12-7-3-4-8-13(12)19-14/h3-4,7-8,14H,1-2,5-6,9-11H2,(H,17,18). The number of nitrogens with one attached hydrogen (secondary N) is 1. The van der Waals surface area contributed by atoms with Crippen LogP contribution in [0.15, 0.2) is 24.3 Å². The molecule has 1 atom stereocenters. The van der Waals surface area contributed by atoms with Crippen molar-refractivity contribution in [3.05, 3.63) is 29.8 Å². The lowest BCUT2D eigenvalue weighted by atomic mass is 10.1. The van der Waals surface area contributed by atoms with Crippen LogP contribution < -0.4 is 10.1 Å². The van der Waals surface area contributed by atoms with Crippen LogP contribution >= 0.6 is 11.6 Å². The van der Waals surface area contributed by atoms with E-state index >= 15 is 0 Å². The number of carbonyl (C=O) groups is 1. The number of halogens is 1. The average molecular weight is 282 g/mol. The third-order valence-electron chi connectivity index (χ3n) is 3.30. The second kappa shape index (κ2) is 7.39. The molecule has 0 aliphatic carbocycles. The van der Waals surface area contributed by atoms with Gasteiger partial charge in [0.2, 0.25) is 0 Å². The van der Waals surface area contributed by atoms with Crippen LogP contribution in [-0.2, 0) is 11.2 Å². The molecule has 1 N–H and O–H groups in total. The van der Waals surface area contributed by atoms with Gasteiger partial charge in [-0.15, -0.1) is 11.6 Å². The van der Waals surface area contributed by atoms with Gasteiger partial charge < -0.3 is 10.1 Å². The van der Waals surface area contributed by atoms with Crippen molar-refractivity contribution in [1.29, 1.82) is 0 Å². The summed E-state index contributed by atoms with van der Waals surface area (Å²) in [6, 6.07) is 7.82. The molecule has 2 rings (SSSR count). The fourth-order valence-corrected chi connectivity index (χ4v) is 2.42. The maximum atomic E-state index is 11.9. The van der Waals surface area contributed by atoms with Crippen molar-refractivity contribution in [2.24, 2.45) is 0 Å². The van der Waals surface area contributed by atoms with Crippen molar-refractivity contribution < 1.29 is 9.53 Å². The first-order chi connectivity index (χ1) is 9.31. The molecule has 104 valence electrons. The van der Waals surface area contributed by atoms with Crippen LogP contribution in [0, 0.1) is 0 Å². The van der Waals surface area contributed by atoms with Gasteiger partial charge in [0.05, 0.1) is 0 Å². The summed E-state index contributed by atoms with van der Waals surface area (Å²) >= 11 is 5.61. The van der Waals surface area contributed by atoms with Crippen molar-refractivity contribution in [1.82, 2.24) is 5.32 Å². The van der Waals surface area contributed by atoms with E-state index in [2.05, 4.69) is 5.32 Å². The summed E-state index contributed by atoms with van der Waals surface area (Å²) in [5.41, 5.74) is 1.12. The fraction of sp³-hybridized carbons (Fsp3) is 0.533. The maximum Gasteiger partial charge on any atom is 0.261 e. The van der Waals surface area contributed by atoms with Crippen LogP contribution in [0.3, 0.4) is 0 Å². The number of alkyl halides is 1. The Morgan fingerprint density at radius 1 is 1.26 bits per heavy atom. The van der Waals surface area contributed by atoms with Crippen LogP contribution in [0.2, 0.25) is 0 Å². The number of rotatable bonds is 7. The molecule has 0 radical (unpaired) electrons. The molecule has 1 amide bonds. The van der Waals surface area contributed by atoms with Gasteiger partial charge in [-0.25, -0.2) is 0 Å². The number of amides is 1. The molecule has 0 saturated heterocycles. The van der Waals surface area contributed by atoms with Crippen molar-refractivity contribution in [3.63, 3.8) is 0 Å². The monoisotopic (exact) mass is 281 g/mol. The smallest absolute Gasteiger partial charge is 0.261 e. The molecule has 1 unspecified atom stereocenters. The van der Waals surface area contributed by atoms with E-state index in [0.29, 0.717) is 6.42 Å². The van der Waals surface area contributed by atoms with Gasteiger partial charge in [0, 0.05) is 18.8 Å². The first-order valence-corrected chi connectivity index (χ1v) is 7.43. The molecule has 1 heterocycles. The SMILES string of the molecule is O=C(NCCCCCCCl)C1Cc2ccccc2O1. The molecule has 0 fully saturated rings. The molecule has 1 aromatic carbocycles. The summed E-state index contributed by atoms with van der Waals surface area (Å²) in [4.78, 5) is 11.9. The Bertz CT molecular complexity index is 397. The van der Waals surface area contributed by atoms with Crippen molar-refractivity contribution >= 4 is 17.5 Å². The number of hydrogen-bond donors (Lipinski definition) is 1. The van der Waals surface area contributed by atoms with Crippen LogP contribution in [0.25, 0.3) is 0 Å². The Kier molecular flexibility index (Phi) is 5.52. The number of para-hydroxylation sites is 1. The minimum Gasteiger partial charge on any atom is -0.480 e. The second-order valence-corrected chi connectivity index (χ2v) is 5.19. The normalized spacial score (nSPS) is 16.8. The lowest BCUT2D eigenvalue weighted by Gasteiger charge is -2.11. The maximum absolute atomic E-state index is 11.9. The van der Waals surface area contributed by atoms with Gasteiger partial charge in [-0.3, -0.25) is 4.79 Å². The summed E-state index contributed by atoms with van der Waals surface area (Å²) in [5.74, 6) is 1.55. The van der Waals surface area contributed by atoms with E-state index in [1.807, 2.05) is 24.3 Å². The van der Waals surface area contributed by atoms with Crippen LogP contribution in [-0.4, -0.2) is 24.4 Å². The van der Waals surface area contributed by atoms with Gasteiger partial charge in [-0.2, -0.15) is 0 Å². The van der Waals surface area contributed by atoms with E-state index < -0.39 is 0 Å². The van der Waals surface area contributed by atoms with E-state index in [1.54, 1.807) is 0 Å². The van der Waals surface area contributed by atoms with E-state index in [4.69, 9.17) is 16.3 Å². The highest BCUT2D eigenvalue weighted by molar-refractivity contribution is 6.17. The van der Waals surface area contributed by atoms with Gasteiger partial charge >= 0.3 is 0 Å². The van der Waals surface area contributed by atoms with Crippen molar-refractivity contribution in [2.75, 3.05) is 12.4 Å². The van der Waals surface area contributed by atoms with Gasteiger partial charge in [-0.05, 0) is 24.5 Å². The van der Waals surface area contributed by atoms with Crippen molar-refractivity contribution in [2.45, 2.75) is 38.2 Å². The number of fused-ring (bicyclic) bond motifs is 1. The fourth-order valence-electron chi connectivity index (χ4n) is 2.23. The minimum absolute atomic E-state index is 0.00598. The number of carbonyl (C=O) groups excluding carboxylic acids is 1. The molecule has 1 aromatic rings. The Morgan fingerprint density at radius 3 is 2.84 bits per heavy atom. The first-order valence-electron chi connectivity index (χ1n) is 6.89. The van der Waals surface area contributed by atoms with E-state index in [1.165, 1.54) is 0 Å². The predicted octanol–water partition coefficient (Wildman–Crippen LogP) is 2.91. The number of ether oxygens (including phenoxy) is 1. The Labute approximate surface area is 119 Å². The third kappa shape index (κ3) is 4.13. The summed E-state index contributed by atoms with van der Waals surface area (Å²) < 4.78 is 5.63. The molecule has 0 spiro atoms. The van der Waals surface area contributed by atoms with Gasteiger partial charge in [-0.1, -0.05) is 31.0 Å². The van der Waals surface area contributed by atoms with E-state index in [0.717, 1.165) is 49.4 Å². The molecule has 19 heavy (non-hydrogen) atoms. The summed E-state index contributed by atoms with van der Waals surface area (Å²) in [6.45, 7) is 0.720. The summed E-state index contributed by atoms with van der Waals surface area (Å²) in [7, 11) is 0. The highest BCUT2D eigenvalue weighted by atomic mass is 35.5. The highest BCUT2D eigenvalue weighted by Crippen LogP contribution is 2.28. The Hall–Kier alpha value is -1.22. The lowest BCUT2D eigenvalue weighted by Crippen LogP contribution is -2.37. The van der Waals surface area contributed by atoms with Crippen LogP contribution in [0.5, 0.6) is 5.75 Å². The Morgan fingerprint density at radius 2 is 2.05 bits per heavy atom. The zero-order chi connectivity index (χ0) is 13.5. The number of unbranched alkanes of at least 4 members (excludes halogenated alkanes) is 3. The van der Waals surface area contributed by atoms with Gasteiger partial charge in [0.1, 0.15) is 5.75 Å². The van der Waals surface area contributed by atoms with Crippen molar-refractivity contribution in [3.8, 4) is 5.75 Å². The number of hydrogen-bond acceptors (Lipinski definition) is 2. The molecular weight excluding hydrogens is 262 g/mol. The zero-order valence-electron chi connectivity index (χ0n) is 11.0. The summed E-state index contributed by atoms with van der Waals surface area (Å²) in [5, 5.41) is 2.94. The highest BCUT2D eigenvalue weighted by Gasteiger charge is 2.28. The van der Waals surface area contributed by atoms with E-state index in [-0.39, 0.29) is 12.0 Å². The second-order valence-electron chi connectivity index (χ2n) is 4.81. The zero-order valence-corrected chi connectivity index (χ0v) is 11.8. The quantitative estimate of drug-likeness (QED) is 0.616. The van der Waals surface area contributed by atoms with Crippen LogP contribution in [0.1, 0.15) is 31.2 Å². The third-order valence-corrected chi connectivity index (χ3v) is 3.57. The Balaban J connectivity index is 1.66. The summed E-state index contributed by atoms with van der Waals surface area (Å²) in [6.07, 6.45) is 4.61. The van der Waals surface area contributed by atoms with Gasteiger partial charge in [0.25, 0.3) is 5.91 Å². The molecule has 0 bridgehead atoms. The molecule has 4 heteroatoms. The average Bonchev–Trinajstić information content (AvgIpc) is 2.86. The lowest BCUT2D eigenvalue weighted by molar-refractivity contribution is -0.127. The predicted molar refractivity (Wildman–Crippen MR) is 76.8 cm³/mol. The van der Waals surface area contributed by atoms with Gasteiger partial charge in [0.15, 0.2) is 6.10 Å².